The van der Waals surface area contributed by atoms with Crippen molar-refractivity contribution in [2.45, 2.75) is 32.6 Å². The third-order valence-electron chi connectivity index (χ3n) is 3.55. The van der Waals surface area contributed by atoms with Gasteiger partial charge in [-0.25, -0.2) is 0 Å². The molecule has 6 heteroatoms. The minimum atomic E-state index is -0.277. The second kappa shape index (κ2) is 8.00. The average Bonchev–Trinajstić information content (AvgIpc) is 2.51. The van der Waals surface area contributed by atoms with Crippen LogP contribution < -0.4 is 5.32 Å². The van der Waals surface area contributed by atoms with Gasteiger partial charge in [0.2, 0.25) is 0 Å². The van der Waals surface area contributed by atoms with Crippen molar-refractivity contribution in [1.82, 2.24) is 10.2 Å². The Morgan fingerprint density at radius 1 is 1.43 bits per heavy atom. The fraction of sp³-hybridized carbons (Fsp3) is 0.412. The zero-order valence-electron chi connectivity index (χ0n) is 13.3. The molecular formula is C17H20ClN3O2. The molecule has 0 saturated carbocycles. The Balaban J connectivity index is 2.00. The molecule has 122 valence electrons. The van der Waals surface area contributed by atoms with Crippen LogP contribution in [-0.4, -0.2) is 36.1 Å². The third kappa shape index (κ3) is 4.72. The van der Waals surface area contributed by atoms with Crippen LogP contribution in [0.4, 0.5) is 0 Å². The Kier molecular flexibility index (Phi) is 6.03. The maximum absolute atomic E-state index is 12.4. The number of amides is 1. The lowest BCUT2D eigenvalue weighted by atomic mass is 10.2. The topological polar surface area (TPSA) is 65.4 Å². The quantitative estimate of drug-likeness (QED) is 0.679. The Labute approximate surface area is 141 Å². The number of nitrogens with one attached hydrogen (secondary N) is 1. The minimum Gasteiger partial charge on any atom is -0.386 e. The van der Waals surface area contributed by atoms with Crippen LogP contribution in [0.1, 0.15) is 19.4 Å². The number of morpholine rings is 1. The highest BCUT2D eigenvalue weighted by Crippen LogP contribution is 2.15. The second-order valence-electron chi connectivity index (χ2n) is 5.61. The summed E-state index contributed by atoms with van der Waals surface area (Å²) in [5.41, 5.74) is 0.988. The maximum atomic E-state index is 12.4. The molecule has 1 aliphatic heterocycles. The average molecular weight is 334 g/mol. The molecule has 1 aromatic carbocycles. The van der Waals surface area contributed by atoms with Gasteiger partial charge in [-0.15, -0.1) is 0 Å². The SMILES string of the molecule is CC1CN(C(=O)/C(C#N)=C\NCc2ccccc2Cl)CC(C)O1. The molecule has 2 atom stereocenters. The van der Waals surface area contributed by atoms with Gasteiger partial charge < -0.3 is 15.0 Å². The normalized spacial score (nSPS) is 21.7. The summed E-state index contributed by atoms with van der Waals surface area (Å²) in [5.74, 6) is -0.277. The van der Waals surface area contributed by atoms with E-state index < -0.39 is 0 Å². The largest absolute Gasteiger partial charge is 0.386 e. The lowest BCUT2D eigenvalue weighted by Gasteiger charge is -2.35. The van der Waals surface area contributed by atoms with E-state index >= 15 is 0 Å². The van der Waals surface area contributed by atoms with Gasteiger partial charge in [-0.2, -0.15) is 5.26 Å². The molecule has 23 heavy (non-hydrogen) atoms. The summed E-state index contributed by atoms with van der Waals surface area (Å²) >= 11 is 6.08. The van der Waals surface area contributed by atoms with Crippen molar-refractivity contribution >= 4 is 17.5 Å². The van der Waals surface area contributed by atoms with Crippen LogP contribution in [0.2, 0.25) is 5.02 Å². The van der Waals surface area contributed by atoms with E-state index in [0.29, 0.717) is 24.7 Å². The predicted molar refractivity (Wildman–Crippen MR) is 88.6 cm³/mol. The molecule has 1 heterocycles. The standard InChI is InChI=1S/C17H20ClN3O2/c1-12-10-21(11-13(2)23-12)17(22)15(7-19)9-20-8-14-5-3-4-6-16(14)18/h3-6,9,12-13,20H,8,10-11H2,1-2H3/b15-9-. The molecule has 0 radical (unpaired) electrons. The summed E-state index contributed by atoms with van der Waals surface area (Å²) in [6.45, 7) is 5.27. The number of benzene rings is 1. The number of carbonyl (C=O) groups is 1. The first-order valence-corrected chi connectivity index (χ1v) is 7.91. The van der Waals surface area contributed by atoms with Crippen molar-refractivity contribution in [2.75, 3.05) is 13.1 Å². The highest BCUT2D eigenvalue weighted by molar-refractivity contribution is 6.31. The molecule has 1 N–H and O–H groups in total. The van der Waals surface area contributed by atoms with Crippen LogP contribution in [0.25, 0.3) is 0 Å². The van der Waals surface area contributed by atoms with E-state index in [1.807, 2.05) is 38.1 Å². The van der Waals surface area contributed by atoms with Gasteiger partial charge in [0.25, 0.3) is 5.91 Å². The van der Waals surface area contributed by atoms with Crippen LogP contribution in [0.3, 0.4) is 0 Å². The van der Waals surface area contributed by atoms with Gasteiger partial charge >= 0.3 is 0 Å². The Bertz CT molecular complexity index is 629. The minimum absolute atomic E-state index is 0.0290. The third-order valence-corrected chi connectivity index (χ3v) is 3.92. The van der Waals surface area contributed by atoms with E-state index in [0.717, 1.165) is 5.56 Å². The molecule has 0 bridgehead atoms. The molecule has 0 aromatic heterocycles. The zero-order chi connectivity index (χ0) is 16.8. The summed E-state index contributed by atoms with van der Waals surface area (Å²) in [6.07, 6.45) is 1.40. The van der Waals surface area contributed by atoms with Crippen molar-refractivity contribution < 1.29 is 9.53 Å². The lowest BCUT2D eigenvalue weighted by molar-refractivity contribution is -0.138. The number of rotatable bonds is 4. The molecule has 1 amide bonds. The molecule has 1 aromatic rings. The highest BCUT2D eigenvalue weighted by Gasteiger charge is 2.27. The summed E-state index contributed by atoms with van der Waals surface area (Å²) in [4.78, 5) is 14.1. The number of nitrogens with zero attached hydrogens (tertiary/aromatic N) is 2. The van der Waals surface area contributed by atoms with Gasteiger partial charge in [-0.05, 0) is 25.5 Å². The molecule has 1 fully saturated rings. The first kappa shape index (κ1) is 17.3. The van der Waals surface area contributed by atoms with E-state index in [1.54, 1.807) is 11.0 Å². The molecule has 5 nitrogen and oxygen atoms in total. The maximum Gasteiger partial charge on any atom is 0.266 e. The molecule has 0 spiro atoms. The fourth-order valence-corrected chi connectivity index (χ4v) is 2.76. The van der Waals surface area contributed by atoms with Gasteiger partial charge in [0.15, 0.2) is 0 Å². The number of carbonyl (C=O) groups excluding carboxylic acids is 1. The summed E-state index contributed by atoms with van der Waals surface area (Å²) < 4.78 is 5.61. The monoisotopic (exact) mass is 333 g/mol. The number of hydrogen-bond acceptors (Lipinski definition) is 4. The van der Waals surface area contributed by atoms with Crippen molar-refractivity contribution in [2.24, 2.45) is 0 Å². The predicted octanol–water partition coefficient (Wildman–Crippen LogP) is 2.47. The molecule has 2 unspecified atom stereocenters. The van der Waals surface area contributed by atoms with Gasteiger partial charge in [0, 0.05) is 30.9 Å². The number of hydrogen-bond donors (Lipinski definition) is 1. The van der Waals surface area contributed by atoms with Crippen molar-refractivity contribution in [3.63, 3.8) is 0 Å². The van der Waals surface area contributed by atoms with Crippen LogP contribution in [0, 0.1) is 11.3 Å². The van der Waals surface area contributed by atoms with E-state index in [2.05, 4.69) is 5.32 Å². The van der Waals surface area contributed by atoms with Crippen molar-refractivity contribution in [3.05, 3.63) is 46.6 Å². The van der Waals surface area contributed by atoms with E-state index in [9.17, 15) is 10.1 Å². The van der Waals surface area contributed by atoms with Crippen molar-refractivity contribution in [3.8, 4) is 6.07 Å². The molecule has 1 aliphatic rings. The van der Waals surface area contributed by atoms with E-state index in [-0.39, 0.29) is 23.7 Å². The lowest BCUT2D eigenvalue weighted by Crippen LogP contribution is -2.48. The zero-order valence-corrected chi connectivity index (χ0v) is 14.0. The number of ether oxygens (including phenoxy) is 1. The van der Waals surface area contributed by atoms with Gasteiger partial charge in [0.05, 0.1) is 12.2 Å². The van der Waals surface area contributed by atoms with Gasteiger partial charge in [-0.1, -0.05) is 29.8 Å². The Morgan fingerprint density at radius 2 is 2.09 bits per heavy atom. The van der Waals surface area contributed by atoms with E-state index in [4.69, 9.17) is 16.3 Å². The first-order valence-electron chi connectivity index (χ1n) is 7.53. The van der Waals surface area contributed by atoms with Crippen LogP contribution >= 0.6 is 11.6 Å². The smallest absolute Gasteiger partial charge is 0.266 e. The van der Waals surface area contributed by atoms with Crippen LogP contribution in [-0.2, 0) is 16.1 Å². The molecule has 1 saturated heterocycles. The summed E-state index contributed by atoms with van der Waals surface area (Å²) in [6, 6.07) is 9.40. The summed E-state index contributed by atoms with van der Waals surface area (Å²) in [5, 5.41) is 12.9. The van der Waals surface area contributed by atoms with Crippen LogP contribution in [0.15, 0.2) is 36.0 Å². The Morgan fingerprint density at radius 3 is 2.70 bits per heavy atom. The van der Waals surface area contributed by atoms with Crippen LogP contribution in [0.5, 0.6) is 0 Å². The van der Waals surface area contributed by atoms with Gasteiger partial charge in [-0.3, -0.25) is 4.79 Å². The second-order valence-corrected chi connectivity index (χ2v) is 6.02. The molecular weight excluding hydrogens is 314 g/mol. The number of nitriles is 1. The van der Waals surface area contributed by atoms with Gasteiger partial charge in [0.1, 0.15) is 11.6 Å². The first-order chi connectivity index (χ1) is 11.0. The summed E-state index contributed by atoms with van der Waals surface area (Å²) in [7, 11) is 0. The Hall–Kier alpha value is -2.03. The number of halogens is 1. The van der Waals surface area contributed by atoms with Crippen molar-refractivity contribution in [1.29, 1.82) is 5.26 Å². The fourth-order valence-electron chi connectivity index (χ4n) is 2.56. The molecule has 2 rings (SSSR count). The van der Waals surface area contributed by atoms with E-state index in [1.165, 1.54) is 6.20 Å². The molecule has 0 aliphatic carbocycles. The highest BCUT2D eigenvalue weighted by atomic mass is 35.5.